The van der Waals surface area contributed by atoms with Gasteiger partial charge in [-0.15, -0.1) is 0 Å². The molecule has 3 N–H and O–H groups in total. The molecule has 0 unspecified atom stereocenters. The van der Waals surface area contributed by atoms with Gasteiger partial charge in [-0.05, 0) is 37.1 Å². The number of carbonyl (C=O) groups excluding carboxylic acids is 2. The van der Waals surface area contributed by atoms with Gasteiger partial charge < -0.3 is 11.1 Å². The Labute approximate surface area is 142 Å². The van der Waals surface area contributed by atoms with Crippen LogP contribution < -0.4 is 11.1 Å². The van der Waals surface area contributed by atoms with E-state index in [9.17, 15) is 9.59 Å². The number of primary amides is 1. The molecule has 24 heavy (non-hydrogen) atoms. The average Bonchev–Trinajstić information content (AvgIpc) is 2.53. The normalized spacial score (nSPS) is 12.5. The Morgan fingerprint density at radius 1 is 1.04 bits per heavy atom. The quantitative estimate of drug-likeness (QED) is 0.819. The largest absolute Gasteiger partial charge is 0.369 e. The highest BCUT2D eigenvalue weighted by Gasteiger charge is 2.18. The van der Waals surface area contributed by atoms with Gasteiger partial charge in [0.1, 0.15) is 0 Å². The van der Waals surface area contributed by atoms with Gasteiger partial charge in [-0.1, -0.05) is 42.5 Å². The third kappa shape index (κ3) is 4.55. The lowest BCUT2D eigenvalue weighted by Crippen LogP contribution is -2.45. The summed E-state index contributed by atoms with van der Waals surface area (Å²) in [4.78, 5) is 25.2. The van der Waals surface area contributed by atoms with Gasteiger partial charge in [0, 0.05) is 6.04 Å². The lowest BCUT2D eigenvalue weighted by Gasteiger charge is -2.25. The minimum absolute atomic E-state index is 0.0658. The first-order valence-electron chi connectivity index (χ1n) is 8.18. The number of amides is 2. The fourth-order valence-electron chi connectivity index (χ4n) is 2.80. The van der Waals surface area contributed by atoms with Gasteiger partial charge in [0.15, 0.2) is 0 Å². The fourth-order valence-corrected chi connectivity index (χ4v) is 2.80. The van der Waals surface area contributed by atoms with E-state index >= 15 is 0 Å². The highest BCUT2D eigenvalue weighted by molar-refractivity contribution is 5.87. The molecule has 0 radical (unpaired) electrons. The van der Waals surface area contributed by atoms with Gasteiger partial charge in [-0.2, -0.15) is 0 Å². The van der Waals surface area contributed by atoms with Crippen LogP contribution in [0.4, 0.5) is 0 Å². The molecule has 0 aliphatic carbocycles. The van der Waals surface area contributed by atoms with Crippen LogP contribution in [0.1, 0.15) is 32.4 Å². The summed E-state index contributed by atoms with van der Waals surface area (Å²) >= 11 is 0. The first kappa shape index (κ1) is 17.9. The smallest absolute Gasteiger partial charge is 0.234 e. The van der Waals surface area contributed by atoms with Crippen molar-refractivity contribution in [2.75, 3.05) is 13.1 Å². The number of rotatable bonds is 7. The van der Waals surface area contributed by atoms with Crippen LogP contribution in [0.3, 0.4) is 0 Å². The maximum atomic E-state index is 12.4. The van der Waals surface area contributed by atoms with Crippen molar-refractivity contribution in [3.8, 4) is 0 Å². The Bertz CT molecular complexity index is 722. The highest BCUT2D eigenvalue weighted by Crippen LogP contribution is 2.23. The number of hydrogen-bond acceptors (Lipinski definition) is 3. The van der Waals surface area contributed by atoms with E-state index in [-0.39, 0.29) is 31.1 Å². The standard InChI is InChI=1S/C19H25N3O2/c1-13(2)22(11-18(20)23)12-19(24)21-14(3)16-10-6-8-15-7-4-5-9-17(15)16/h4-10,13-14H,11-12H2,1-3H3,(H2,20,23)(H,21,24)/t14-/m0/s1. The molecule has 0 heterocycles. The number of nitrogens with two attached hydrogens (primary N) is 1. The third-order valence-corrected chi connectivity index (χ3v) is 4.10. The summed E-state index contributed by atoms with van der Waals surface area (Å²) < 4.78 is 0. The number of nitrogens with one attached hydrogen (secondary N) is 1. The predicted octanol–water partition coefficient (Wildman–Crippen LogP) is 2.21. The second kappa shape index (κ2) is 7.93. The van der Waals surface area contributed by atoms with Crippen molar-refractivity contribution in [3.05, 3.63) is 48.0 Å². The highest BCUT2D eigenvalue weighted by atomic mass is 16.2. The van der Waals surface area contributed by atoms with Crippen LogP contribution in [0.5, 0.6) is 0 Å². The molecule has 0 aromatic heterocycles. The molecule has 0 fully saturated rings. The van der Waals surface area contributed by atoms with Crippen LogP contribution in [-0.4, -0.2) is 35.8 Å². The lowest BCUT2D eigenvalue weighted by molar-refractivity contribution is -0.125. The van der Waals surface area contributed by atoms with E-state index in [0.29, 0.717) is 0 Å². The predicted molar refractivity (Wildman–Crippen MR) is 96.4 cm³/mol. The number of hydrogen-bond donors (Lipinski definition) is 2. The average molecular weight is 327 g/mol. The van der Waals surface area contributed by atoms with Crippen LogP contribution >= 0.6 is 0 Å². The van der Waals surface area contributed by atoms with Gasteiger partial charge in [0.05, 0.1) is 19.1 Å². The maximum absolute atomic E-state index is 12.4. The molecule has 0 saturated carbocycles. The van der Waals surface area contributed by atoms with E-state index < -0.39 is 5.91 Å². The van der Waals surface area contributed by atoms with Crippen molar-refractivity contribution in [2.24, 2.45) is 5.73 Å². The lowest BCUT2D eigenvalue weighted by atomic mass is 10.00. The molecular formula is C19H25N3O2. The minimum atomic E-state index is -0.432. The van der Waals surface area contributed by atoms with Gasteiger partial charge in [0.2, 0.25) is 11.8 Å². The molecule has 0 saturated heterocycles. The molecule has 2 rings (SSSR count). The first-order valence-corrected chi connectivity index (χ1v) is 8.18. The summed E-state index contributed by atoms with van der Waals surface area (Å²) in [7, 11) is 0. The van der Waals surface area contributed by atoms with Crippen molar-refractivity contribution >= 4 is 22.6 Å². The van der Waals surface area contributed by atoms with E-state index in [1.54, 1.807) is 4.90 Å². The molecule has 0 bridgehead atoms. The minimum Gasteiger partial charge on any atom is -0.369 e. The van der Waals surface area contributed by atoms with Crippen LogP contribution in [0.25, 0.3) is 10.8 Å². The Morgan fingerprint density at radius 2 is 1.71 bits per heavy atom. The zero-order valence-electron chi connectivity index (χ0n) is 14.5. The van der Waals surface area contributed by atoms with Crippen molar-refractivity contribution in [3.63, 3.8) is 0 Å². The first-order chi connectivity index (χ1) is 11.4. The zero-order valence-corrected chi connectivity index (χ0v) is 14.5. The summed E-state index contributed by atoms with van der Waals surface area (Å²) in [6.07, 6.45) is 0. The van der Waals surface area contributed by atoms with Crippen LogP contribution in [0, 0.1) is 0 Å². The molecular weight excluding hydrogens is 302 g/mol. The Balaban J connectivity index is 2.09. The molecule has 5 nitrogen and oxygen atoms in total. The molecule has 2 aromatic carbocycles. The van der Waals surface area contributed by atoms with Crippen molar-refractivity contribution in [1.82, 2.24) is 10.2 Å². The van der Waals surface area contributed by atoms with Crippen molar-refractivity contribution in [2.45, 2.75) is 32.9 Å². The number of carbonyl (C=O) groups is 2. The van der Waals surface area contributed by atoms with E-state index in [1.165, 1.54) is 0 Å². The summed E-state index contributed by atoms with van der Waals surface area (Å²) in [6, 6.07) is 14.1. The number of fused-ring (bicyclic) bond motifs is 1. The molecule has 0 aliphatic rings. The summed E-state index contributed by atoms with van der Waals surface area (Å²) in [5, 5.41) is 5.29. The Morgan fingerprint density at radius 3 is 2.38 bits per heavy atom. The van der Waals surface area contributed by atoms with E-state index in [2.05, 4.69) is 23.5 Å². The monoisotopic (exact) mass is 327 g/mol. The van der Waals surface area contributed by atoms with Gasteiger partial charge in [-0.3, -0.25) is 14.5 Å². The number of nitrogens with zero attached hydrogens (tertiary/aromatic N) is 1. The van der Waals surface area contributed by atoms with Crippen LogP contribution in [0.2, 0.25) is 0 Å². The summed E-state index contributed by atoms with van der Waals surface area (Å²) in [5.74, 6) is -0.552. The van der Waals surface area contributed by atoms with Gasteiger partial charge >= 0.3 is 0 Å². The molecule has 0 spiro atoms. The number of benzene rings is 2. The second-order valence-corrected chi connectivity index (χ2v) is 6.32. The second-order valence-electron chi connectivity index (χ2n) is 6.32. The van der Waals surface area contributed by atoms with Crippen LogP contribution in [-0.2, 0) is 9.59 Å². The molecule has 2 aromatic rings. The molecule has 2 amide bonds. The fraction of sp³-hybridized carbons (Fsp3) is 0.368. The van der Waals surface area contributed by atoms with Crippen molar-refractivity contribution < 1.29 is 9.59 Å². The Hall–Kier alpha value is -2.40. The summed E-state index contributed by atoms with van der Waals surface area (Å²) in [5.41, 5.74) is 6.33. The van der Waals surface area contributed by atoms with Crippen molar-refractivity contribution in [1.29, 1.82) is 0 Å². The topological polar surface area (TPSA) is 75.4 Å². The third-order valence-electron chi connectivity index (χ3n) is 4.10. The van der Waals surface area contributed by atoms with E-state index in [0.717, 1.165) is 16.3 Å². The molecule has 128 valence electrons. The van der Waals surface area contributed by atoms with E-state index in [1.807, 2.05) is 45.0 Å². The molecule has 1 atom stereocenters. The van der Waals surface area contributed by atoms with Gasteiger partial charge in [0.25, 0.3) is 0 Å². The SMILES string of the molecule is CC(C)N(CC(N)=O)CC(=O)N[C@@H](C)c1cccc2ccccc12. The zero-order chi connectivity index (χ0) is 17.7. The Kier molecular flexibility index (Phi) is 5.93. The van der Waals surface area contributed by atoms with E-state index in [4.69, 9.17) is 5.73 Å². The molecule has 5 heteroatoms. The summed E-state index contributed by atoms with van der Waals surface area (Å²) in [6.45, 7) is 6.06. The molecule has 0 aliphatic heterocycles. The van der Waals surface area contributed by atoms with Crippen LogP contribution in [0.15, 0.2) is 42.5 Å². The maximum Gasteiger partial charge on any atom is 0.234 e. The van der Waals surface area contributed by atoms with Gasteiger partial charge in [-0.25, -0.2) is 0 Å².